The summed E-state index contributed by atoms with van der Waals surface area (Å²) in [6.45, 7) is 3.51. The van der Waals surface area contributed by atoms with Crippen LogP contribution in [0.1, 0.15) is 10.4 Å². The molecule has 0 atom stereocenters. The van der Waals surface area contributed by atoms with Crippen molar-refractivity contribution in [1.82, 2.24) is 9.97 Å². The van der Waals surface area contributed by atoms with Crippen LogP contribution in [0.25, 0.3) is 21.6 Å². The fraction of sp³-hybridized carbons (Fsp3) is 0.240. The lowest BCUT2D eigenvalue weighted by Gasteiger charge is -2.28. The Balaban J connectivity index is 1.56. The van der Waals surface area contributed by atoms with Gasteiger partial charge in [-0.3, -0.25) is 0 Å². The number of nitrogens with one attached hydrogen (secondary N) is 2. The molecule has 174 valence electrons. The number of rotatable bonds is 7. The third kappa shape index (κ3) is 4.27. The summed E-state index contributed by atoms with van der Waals surface area (Å²) < 4.78 is 12.1. The van der Waals surface area contributed by atoms with Gasteiger partial charge in [-0.15, -0.1) is 11.3 Å². The quantitative estimate of drug-likeness (QED) is 0.269. The second kappa shape index (κ2) is 9.66. The zero-order valence-electron chi connectivity index (χ0n) is 18.9. The SMILES string of the molecule is COc1ccccc1NCc1cc2nc(-c3cccc(N)c3C=N)nc(N3CCOCC3)c2s1. The van der Waals surface area contributed by atoms with Crippen molar-refractivity contribution in [3.8, 4) is 17.1 Å². The number of morpholine rings is 1. The maximum atomic E-state index is 7.86. The van der Waals surface area contributed by atoms with Crippen molar-refractivity contribution in [2.45, 2.75) is 6.54 Å². The Kier molecular flexibility index (Phi) is 6.29. The number of fused-ring (bicyclic) bond motifs is 1. The van der Waals surface area contributed by atoms with Crippen molar-refractivity contribution in [3.05, 3.63) is 59.0 Å². The van der Waals surface area contributed by atoms with Crippen LogP contribution in [0.4, 0.5) is 17.2 Å². The average molecular weight is 475 g/mol. The molecule has 3 heterocycles. The van der Waals surface area contributed by atoms with Gasteiger partial charge >= 0.3 is 0 Å². The zero-order chi connectivity index (χ0) is 23.5. The number of benzene rings is 2. The lowest BCUT2D eigenvalue weighted by molar-refractivity contribution is 0.122. The maximum Gasteiger partial charge on any atom is 0.162 e. The highest BCUT2D eigenvalue weighted by atomic mass is 32.1. The number of nitrogens with two attached hydrogens (primary N) is 1. The van der Waals surface area contributed by atoms with Crippen molar-refractivity contribution in [1.29, 1.82) is 5.41 Å². The summed E-state index contributed by atoms with van der Waals surface area (Å²) in [4.78, 5) is 13.3. The third-order valence-corrected chi connectivity index (χ3v) is 6.92. The lowest BCUT2D eigenvalue weighted by Crippen LogP contribution is -2.36. The fourth-order valence-corrected chi connectivity index (χ4v) is 5.13. The topological polar surface area (TPSA) is 109 Å². The van der Waals surface area contributed by atoms with E-state index in [1.807, 2.05) is 36.4 Å². The normalized spacial score (nSPS) is 13.7. The van der Waals surface area contributed by atoms with Crippen LogP contribution in [0, 0.1) is 5.41 Å². The second-order valence-electron chi connectivity index (χ2n) is 7.90. The van der Waals surface area contributed by atoms with Gasteiger partial charge in [0.2, 0.25) is 0 Å². The highest BCUT2D eigenvalue weighted by molar-refractivity contribution is 7.19. The summed E-state index contributed by atoms with van der Waals surface area (Å²) in [5.74, 6) is 2.28. The molecule has 0 spiro atoms. The largest absolute Gasteiger partial charge is 0.495 e. The molecule has 0 unspecified atom stereocenters. The molecule has 0 aliphatic carbocycles. The van der Waals surface area contributed by atoms with Crippen LogP contribution in [0.3, 0.4) is 0 Å². The van der Waals surface area contributed by atoms with E-state index in [1.54, 1.807) is 24.5 Å². The molecular weight excluding hydrogens is 448 g/mol. The minimum atomic E-state index is 0.538. The predicted molar refractivity (Wildman–Crippen MR) is 139 cm³/mol. The first-order valence-corrected chi connectivity index (χ1v) is 11.9. The van der Waals surface area contributed by atoms with Crippen LogP contribution >= 0.6 is 11.3 Å². The van der Waals surface area contributed by atoms with Gasteiger partial charge in [-0.05, 0) is 24.3 Å². The smallest absolute Gasteiger partial charge is 0.162 e. The molecule has 2 aromatic heterocycles. The van der Waals surface area contributed by atoms with E-state index in [4.69, 9.17) is 30.6 Å². The molecule has 9 heteroatoms. The standard InChI is InChI=1S/C25H26N6O2S/c1-32-22-8-3-2-7-20(22)28-15-16-13-21-23(34-16)25(31-9-11-33-12-10-31)30-24(29-21)17-5-4-6-19(27)18(17)14-26/h2-8,13-14,26,28H,9-12,15,27H2,1H3. The van der Waals surface area contributed by atoms with Gasteiger partial charge in [0.1, 0.15) is 5.75 Å². The Morgan fingerprint density at radius 2 is 2.00 bits per heavy atom. The molecule has 0 saturated carbocycles. The van der Waals surface area contributed by atoms with E-state index in [0.717, 1.165) is 51.0 Å². The molecule has 1 aliphatic rings. The van der Waals surface area contributed by atoms with Gasteiger partial charge in [0, 0.05) is 47.5 Å². The van der Waals surface area contributed by atoms with E-state index < -0.39 is 0 Å². The van der Waals surface area contributed by atoms with Crippen molar-refractivity contribution in [2.24, 2.45) is 0 Å². The van der Waals surface area contributed by atoms with Crippen molar-refractivity contribution < 1.29 is 9.47 Å². The molecule has 0 radical (unpaired) electrons. The molecule has 1 saturated heterocycles. The number of thiophene rings is 1. The lowest BCUT2D eigenvalue weighted by atomic mass is 10.1. The van der Waals surface area contributed by atoms with Crippen molar-refractivity contribution in [3.63, 3.8) is 0 Å². The molecular formula is C25H26N6O2S. The first-order chi connectivity index (χ1) is 16.7. The summed E-state index contributed by atoms with van der Waals surface area (Å²) in [7, 11) is 1.67. The Hall–Kier alpha value is -3.69. The third-order valence-electron chi connectivity index (χ3n) is 5.80. The molecule has 5 rings (SSSR count). The van der Waals surface area contributed by atoms with Gasteiger partial charge in [-0.25, -0.2) is 9.97 Å². The van der Waals surface area contributed by atoms with E-state index in [1.165, 1.54) is 6.21 Å². The number of para-hydroxylation sites is 2. The van der Waals surface area contributed by atoms with Crippen LogP contribution in [-0.4, -0.2) is 49.6 Å². The summed E-state index contributed by atoms with van der Waals surface area (Å²) >= 11 is 1.69. The number of anilines is 3. The van der Waals surface area contributed by atoms with Crippen LogP contribution in [0.15, 0.2) is 48.5 Å². The first-order valence-electron chi connectivity index (χ1n) is 11.1. The van der Waals surface area contributed by atoms with Crippen LogP contribution in [0.5, 0.6) is 5.75 Å². The molecule has 4 N–H and O–H groups in total. The summed E-state index contributed by atoms with van der Waals surface area (Å²) in [5.41, 5.74) is 9.88. The van der Waals surface area contributed by atoms with Crippen LogP contribution < -0.4 is 20.7 Å². The molecule has 1 fully saturated rings. The van der Waals surface area contributed by atoms with Gasteiger partial charge in [0.25, 0.3) is 0 Å². The maximum absolute atomic E-state index is 7.86. The van der Waals surface area contributed by atoms with E-state index in [0.29, 0.717) is 36.8 Å². The monoisotopic (exact) mass is 474 g/mol. The number of hydrogen-bond acceptors (Lipinski definition) is 9. The molecule has 0 bridgehead atoms. The fourth-order valence-electron chi connectivity index (χ4n) is 4.07. The highest BCUT2D eigenvalue weighted by Gasteiger charge is 2.21. The molecule has 2 aromatic carbocycles. The number of hydrogen-bond donors (Lipinski definition) is 3. The number of aromatic nitrogens is 2. The number of ether oxygens (including phenoxy) is 2. The van der Waals surface area contributed by atoms with Crippen molar-refractivity contribution in [2.75, 3.05) is 49.4 Å². The average Bonchev–Trinajstić information content (AvgIpc) is 3.30. The predicted octanol–water partition coefficient (Wildman–Crippen LogP) is 4.40. The summed E-state index contributed by atoms with van der Waals surface area (Å²) in [6, 6.07) is 15.6. The Labute approximate surface area is 201 Å². The van der Waals surface area contributed by atoms with Gasteiger partial charge in [-0.1, -0.05) is 24.3 Å². The van der Waals surface area contributed by atoms with Gasteiger partial charge < -0.3 is 30.8 Å². The summed E-state index contributed by atoms with van der Waals surface area (Å²) in [6.07, 6.45) is 1.27. The Morgan fingerprint density at radius 1 is 1.18 bits per heavy atom. The van der Waals surface area contributed by atoms with E-state index in [2.05, 4.69) is 16.3 Å². The first kappa shape index (κ1) is 22.1. The highest BCUT2D eigenvalue weighted by Crippen LogP contribution is 2.36. The van der Waals surface area contributed by atoms with E-state index in [-0.39, 0.29) is 0 Å². The molecule has 0 amide bonds. The van der Waals surface area contributed by atoms with E-state index >= 15 is 0 Å². The van der Waals surface area contributed by atoms with Gasteiger partial charge in [0.05, 0.1) is 36.2 Å². The van der Waals surface area contributed by atoms with E-state index in [9.17, 15) is 0 Å². The number of nitrogens with zero attached hydrogens (tertiary/aromatic N) is 3. The Morgan fingerprint density at radius 3 is 2.79 bits per heavy atom. The molecule has 1 aliphatic heterocycles. The zero-order valence-corrected chi connectivity index (χ0v) is 19.7. The Bertz CT molecular complexity index is 1330. The molecule has 34 heavy (non-hydrogen) atoms. The molecule has 8 nitrogen and oxygen atoms in total. The minimum Gasteiger partial charge on any atom is -0.495 e. The van der Waals surface area contributed by atoms with Crippen molar-refractivity contribution >= 4 is 45.0 Å². The van der Waals surface area contributed by atoms with Gasteiger partial charge in [0.15, 0.2) is 11.6 Å². The molecule has 4 aromatic rings. The van der Waals surface area contributed by atoms with Gasteiger partial charge in [-0.2, -0.15) is 0 Å². The second-order valence-corrected chi connectivity index (χ2v) is 9.04. The van der Waals surface area contributed by atoms with Crippen LogP contribution in [0.2, 0.25) is 0 Å². The number of nitrogen functional groups attached to an aromatic ring is 1. The van der Waals surface area contributed by atoms with Crippen LogP contribution in [-0.2, 0) is 11.3 Å². The minimum absolute atomic E-state index is 0.538. The summed E-state index contributed by atoms with van der Waals surface area (Å²) in [5, 5.41) is 11.3. The number of methoxy groups -OCH3 is 1.